The molecule has 0 saturated carbocycles. The molecule has 5 aromatic rings. The smallest absolute Gasteiger partial charge is 0.249 e. The molecule has 0 spiro atoms. The summed E-state index contributed by atoms with van der Waals surface area (Å²) in [5, 5.41) is 4.49. The highest BCUT2D eigenvalue weighted by atomic mass is 16.1. The molecule has 28 heavy (non-hydrogen) atoms. The summed E-state index contributed by atoms with van der Waals surface area (Å²) in [6, 6.07) is 26.9. The van der Waals surface area contributed by atoms with E-state index in [0.717, 1.165) is 28.4 Å². The molecule has 0 fully saturated rings. The van der Waals surface area contributed by atoms with E-state index in [4.69, 9.17) is 5.73 Å². The second-order valence-corrected chi connectivity index (χ2v) is 7.25. The minimum atomic E-state index is -0.394. The van der Waals surface area contributed by atoms with Gasteiger partial charge in [-0.05, 0) is 47.0 Å². The van der Waals surface area contributed by atoms with Crippen LogP contribution in [0, 0.1) is 6.92 Å². The number of carbonyl (C=O) groups is 1. The first-order chi connectivity index (χ1) is 13.6. The number of rotatable bonds is 3. The van der Waals surface area contributed by atoms with Gasteiger partial charge in [-0.1, -0.05) is 60.7 Å². The lowest BCUT2D eigenvalue weighted by atomic mass is 9.99. The minimum absolute atomic E-state index is 0.394. The molecule has 0 aliphatic heterocycles. The Morgan fingerprint density at radius 1 is 0.821 bits per heavy atom. The van der Waals surface area contributed by atoms with Crippen LogP contribution in [0.3, 0.4) is 0 Å². The van der Waals surface area contributed by atoms with Gasteiger partial charge in [0.2, 0.25) is 5.91 Å². The van der Waals surface area contributed by atoms with Gasteiger partial charge < -0.3 is 10.3 Å². The molecule has 1 aromatic heterocycles. The third kappa shape index (κ3) is 2.40. The first-order valence-corrected chi connectivity index (χ1v) is 9.42. The quantitative estimate of drug-likeness (QED) is 0.457. The Balaban J connectivity index is 1.84. The van der Waals surface area contributed by atoms with E-state index in [1.807, 2.05) is 24.3 Å². The number of nitrogens with zero attached hydrogens (tertiary/aromatic N) is 1. The highest BCUT2D eigenvalue weighted by molar-refractivity contribution is 6.17. The van der Waals surface area contributed by atoms with Crippen molar-refractivity contribution in [3.05, 3.63) is 95.6 Å². The van der Waals surface area contributed by atoms with Crippen molar-refractivity contribution in [2.45, 2.75) is 13.5 Å². The Kier molecular flexibility index (Phi) is 3.69. The van der Waals surface area contributed by atoms with Crippen molar-refractivity contribution in [1.82, 2.24) is 4.57 Å². The van der Waals surface area contributed by atoms with Crippen LogP contribution < -0.4 is 5.73 Å². The van der Waals surface area contributed by atoms with Crippen molar-refractivity contribution >= 4 is 38.5 Å². The summed E-state index contributed by atoms with van der Waals surface area (Å²) >= 11 is 0. The van der Waals surface area contributed by atoms with E-state index in [2.05, 4.69) is 66.1 Å². The molecule has 3 heteroatoms. The van der Waals surface area contributed by atoms with Gasteiger partial charge in [0.15, 0.2) is 0 Å². The predicted molar refractivity (Wildman–Crippen MR) is 116 cm³/mol. The molecule has 0 bridgehead atoms. The van der Waals surface area contributed by atoms with Crippen LogP contribution in [-0.4, -0.2) is 10.5 Å². The van der Waals surface area contributed by atoms with Crippen molar-refractivity contribution in [3.8, 4) is 0 Å². The largest absolute Gasteiger partial charge is 0.366 e. The Bertz CT molecular complexity index is 1380. The number of nitrogens with two attached hydrogens (primary N) is 1. The summed E-state index contributed by atoms with van der Waals surface area (Å²) in [5.41, 5.74) is 11.0. The van der Waals surface area contributed by atoms with Crippen LogP contribution >= 0.6 is 0 Å². The first-order valence-electron chi connectivity index (χ1n) is 9.42. The lowest BCUT2D eigenvalue weighted by molar-refractivity contribution is 0.100. The summed E-state index contributed by atoms with van der Waals surface area (Å²) in [7, 11) is 0. The summed E-state index contributed by atoms with van der Waals surface area (Å²) in [6.07, 6.45) is 0. The van der Waals surface area contributed by atoms with Crippen molar-refractivity contribution in [2.24, 2.45) is 5.73 Å². The van der Waals surface area contributed by atoms with E-state index >= 15 is 0 Å². The third-order valence-electron chi connectivity index (χ3n) is 5.65. The van der Waals surface area contributed by atoms with Gasteiger partial charge in [0.05, 0.1) is 5.52 Å². The van der Waals surface area contributed by atoms with E-state index in [1.165, 1.54) is 21.9 Å². The monoisotopic (exact) mass is 364 g/mol. The SMILES string of the molecule is Cc1ccc2ccccc2c1Cn1c2ccccc2c2c(C(N)=O)cccc21. The molecule has 0 aliphatic carbocycles. The van der Waals surface area contributed by atoms with Crippen molar-refractivity contribution < 1.29 is 4.79 Å². The molecule has 0 unspecified atom stereocenters. The second-order valence-electron chi connectivity index (χ2n) is 7.25. The minimum Gasteiger partial charge on any atom is -0.366 e. The molecule has 0 saturated heterocycles. The average molecular weight is 364 g/mol. The Labute approximate surface area is 163 Å². The second kappa shape index (κ2) is 6.24. The van der Waals surface area contributed by atoms with Gasteiger partial charge in [-0.2, -0.15) is 0 Å². The van der Waals surface area contributed by atoms with E-state index < -0.39 is 5.91 Å². The van der Waals surface area contributed by atoms with E-state index in [9.17, 15) is 4.79 Å². The maximum Gasteiger partial charge on any atom is 0.249 e. The van der Waals surface area contributed by atoms with E-state index in [-0.39, 0.29) is 0 Å². The molecule has 2 N–H and O–H groups in total. The molecule has 0 atom stereocenters. The first kappa shape index (κ1) is 16.6. The number of carbonyl (C=O) groups excluding carboxylic acids is 1. The lowest BCUT2D eigenvalue weighted by Gasteiger charge is -2.14. The van der Waals surface area contributed by atoms with Crippen LogP contribution in [0.2, 0.25) is 0 Å². The lowest BCUT2D eigenvalue weighted by Crippen LogP contribution is -2.11. The predicted octanol–water partition coefficient (Wildman–Crippen LogP) is 5.40. The summed E-state index contributed by atoms with van der Waals surface area (Å²) in [5.74, 6) is -0.394. The molecule has 136 valence electrons. The number of aryl methyl sites for hydroxylation is 1. The number of hydrogen-bond acceptors (Lipinski definition) is 1. The van der Waals surface area contributed by atoms with Gasteiger partial charge in [0.1, 0.15) is 0 Å². The number of primary amides is 1. The van der Waals surface area contributed by atoms with Crippen LogP contribution in [0.5, 0.6) is 0 Å². The van der Waals surface area contributed by atoms with Gasteiger partial charge in [0, 0.05) is 28.4 Å². The number of fused-ring (bicyclic) bond motifs is 4. The fourth-order valence-electron chi connectivity index (χ4n) is 4.29. The number of para-hydroxylation sites is 1. The standard InChI is InChI=1S/C25H20N2O/c1-16-13-14-17-7-2-3-8-18(17)21(16)15-27-22-11-5-4-9-19(22)24-20(25(26)28)10-6-12-23(24)27/h2-14H,15H2,1H3,(H2,26,28). The molecular weight excluding hydrogens is 344 g/mol. The Morgan fingerprint density at radius 3 is 2.36 bits per heavy atom. The molecule has 1 amide bonds. The maximum atomic E-state index is 12.1. The maximum absolute atomic E-state index is 12.1. The molecule has 0 radical (unpaired) electrons. The zero-order chi connectivity index (χ0) is 19.3. The van der Waals surface area contributed by atoms with Crippen molar-refractivity contribution in [2.75, 3.05) is 0 Å². The summed E-state index contributed by atoms with van der Waals surface area (Å²) < 4.78 is 2.30. The highest BCUT2D eigenvalue weighted by Gasteiger charge is 2.17. The van der Waals surface area contributed by atoms with Crippen molar-refractivity contribution in [3.63, 3.8) is 0 Å². The topological polar surface area (TPSA) is 48.0 Å². The zero-order valence-corrected chi connectivity index (χ0v) is 15.6. The van der Waals surface area contributed by atoms with E-state index in [0.29, 0.717) is 5.56 Å². The van der Waals surface area contributed by atoms with Gasteiger partial charge in [-0.3, -0.25) is 4.79 Å². The molecule has 5 rings (SSSR count). The zero-order valence-electron chi connectivity index (χ0n) is 15.6. The number of amides is 1. The Hall–Kier alpha value is -3.59. The van der Waals surface area contributed by atoms with Gasteiger partial charge in [-0.15, -0.1) is 0 Å². The van der Waals surface area contributed by atoms with Gasteiger partial charge in [-0.25, -0.2) is 0 Å². The highest BCUT2D eigenvalue weighted by Crippen LogP contribution is 2.33. The van der Waals surface area contributed by atoms with Crippen LogP contribution in [0.15, 0.2) is 78.9 Å². The Morgan fingerprint density at radius 2 is 1.54 bits per heavy atom. The molecule has 1 heterocycles. The average Bonchev–Trinajstić information content (AvgIpc) is 3.04. The number of aromatic nitrogens is 1. The summed E-state index contributed by atoms with van der Waals surface area (Å²) in [4.78, 5) is 12.1. The fourth-order valence-corrected chi connectivity index (χ4v) is 4.29. The van der Waals surface area contributed by atoms with Crippen LogP contribution in [0.1, 0.15) is 21.5 Å². The fraction of sp³-hybridized carbons (Fsp3) is 0.0800. The third-order valence-corrected chi connectivity index (χ3v) is 5.65. The van der Waals surface area contributed by atoms with Crippen molar-refractivity contribution in [1.29, 1.82) is 0 Å². The normalized spacial score (nSPS) is 11.5. The van der Waals surface area contributed by atoms with Gasteiger partial charge >= 0.3 is 0 Å². The van der Waals surface area contributed by atoms with Crippen LogP contribution in [0.4, 0.5) is 0 Å². The molecule has 3 nitrogen and oxygen atoms in total. The van der Waals surface area contributed by atoms with Crippen LogP contribution in [-0.2, 0) is 6.54 Å². The van der Waals surface area contributed by atoms with Gasteiger partial charge in [0.25, 0.3) is 0 Å². The number of benzene rings is 4. The van der Waals surface area contributed by atoms with E-state index in [1.54, 1.807) is 0 Å². The summed E-state index contributed by atoms with van der Waals surface area (Å²) in [6.45, 7) is 2.89. The molecule has 0 aliphatic rings. The molecular formula is C25H20N2O. The van der Waals surface area contributed by atoms with Crippen LogP contribution in [0.25, 0.3) is 32.6 Å². The molecule has 4 aromatic carbocycles. The number of hydrogen-bond donors (Lipinski definition) is 1.